The number of nitrogens with one attached hydrogen (secondary N) is 1. The van der Waals surface area contributed by atoms with Crippen LogP contribution in [0.1, 0.15) is 17.4 Å². The molecule has 0 aliphatic rings. The van der Waals surface area contributed by atoms with Crippen LogP contribution in [-0.4, -0.2) is 45.8 Å². The minimum absolute atomic E-state index is 0.146. The van der Waals surface area contributed by atoms with Gasteiger partial charge in [0.25, 0.3) is 5.91 Å². The van der Waals surface area contributed by atoms with E-state index in [4.69, 9.17) is 0 Å². The molecule has 0 saturated carbocycles. The van der Waals surface area contributed by atoms with E-state index in [1.165, 1.54) is 11.9 Å². The Hall–Kier alpha value is -2.21. The molecule has 6 nitrogen and oxygen atoms in total. The van der Waals surface area contributed by atoms with Crippen LogP contribution in [0.5, 0.6) is 0 Å². The van der Waals surface area contributed by atoms with Crippen LogP contribution in [0.2, 0.25) is 0 Å². The highest BCUT2D eigenvalue weighted by molar-refractivity contribution is 5.95. The van der Waals surface area contributed by atoms with Crippen molar-refractivity contribution in [2.45, 2.75) is 13.0 Å². The van der Waals surface area contributed by atoms with Crippen molar-refractivity contribution in [1.29, 1.82) is 0 Å². The lowest BCUT2D eigenvalue weighted by molar-refractivity contribution is 0.0696. The van der Waals surface area contributed by atoms with Gasteiger partial charge >= 0.3 is 0 Å². The van der Waals surface area contributed by atoms with E-state index < -0.39 is 17.4 Å². The molecule has 2 aromatic rings. The number of nitrogens with zero attached hydrogens (tertiary/aromatic N) is 2. The van der Waals surface area contributed by atoms with Crippen LogP contribution >= 0.6 is 0 Å². The third kappa shape index (κ3) is 2.63. The van der Waals surface area contributed by atoms with E-state index in [9.17, 15) is 14.7 Å². The number of carbonyl (C=O) groups excluding carboxylic acids is 1. The normalized spacial score (nSPS) is 12.4. The molecule has 6 heteroatoms. The van der Waals surface area contributed by atoms with E-state index in [1.54, 1.807) is 31.2 Å². The lowest BCUT2D eigenvalue weighted by Crippen LogP contribution is -2.36. The summed E-state index contributed by atoms with van der Waals surface area (Å²) in [7, 11) is 1.52. The fraction of sp³-hybridized carbons (Fsp3) is 0.308. The van der Waals surface area contributed by atoms with Crippen molar-refractivity contribution in [3.05, 3.63) is 40.2 Å². The number of H-pyrrole nitrogens is 1. The third-order valence-electron chi connectivity index (χ3n) is 2.76. The van der Waals surface area contributed by atoms with Crippen LogP contribution < -0.4 is 5.43 Å². The van der Waals surface area contributed by atoms with Crippen molar-refractivity contribution < 1.29 is 9.90 Å². The average Bonchev–Trinajstić information content (AvgIpc) is 2.38. The molecule has 0 fully saturated rings. The maximum atomic E-state index is 12.2. The number of carbonyl (C=O) groups is 1. The molecule has 1 atom stereocenters. The van der Waals surface area contributed by atoms with Gasteiger partial charge in [-0.1, -0.05) is 12.1 Å². The number of likely N-dealkylation sites (N-methyl/N-ethyl adjacent to an activating group) is 1. The summed E-state index contributed by atoms with van der Waals surface area (Å²) >= 11 is 0. The number of hydrogen-bond acceptors (Lipinski definition) is 4. The summed E-state index contributed by atoms with van der Waals surface area (Å²) in [5.41, 5.74) is 0.0147. The summed E-state index contributed by atoms with van der Waals surface area (Å²) < 4.78 is 0. The Balaban J connectivity index is 2.43. The maximum absolute atomic E-state index is 12.2. The minimum Gasteiger partial charge on any atom is -0.392 e. The van der Waals surface area contributed by atoms with Crippen LogP contribution in [0, 0.1) is 0 Å². The number of hydrogen-bond donors (Lipinski definition) is 2. The van der Waals surface area contributed by atoms with E-state index >= 15 is 0 Å². The second kappa shape index (κ2) is 5.19. The standard InChI is InChI=1S/C13H15N3O3/c1-8(17)7-16(2)13(19)11-12(18)9-5-3-4-6-10(9)14-15-11/h3-6,8,17H,7H2,1-2H3,(H,14,18). The monoisotopic (exact) mass is 261 g/mol. The van der Waals surface area contributed by atoms with Gasteiger partial charge in [0.15, 0.2) is 5.69 Å². The molecule has 0 bridgehead atoms. The molecular weight excluding hydrogens is 246 g/mol. The molecule has 1 amide bonds. The molecule has 1 unspecified atom stereocenters. The molecule has 2 N–H and O–H groups in total. The van der Waals surface area contributed by atoms with Gasteiger partial charge in [0.1, 0.15) is 0 Å². The Kier molecular flexibility index (Phi) is 3.62. The topological polar surface area (TPSA) is 86.3 Å². The first kappa shape index (κ1) is 13.2. The van der Waals surface area contributed by atoms with E-state index in [-0.39, 0.29) is 12.2 Å². The number of aliphatic hydroxyl groups excluding tert-OH is 1. The largest absolute Gasteiger partial charge is 0.392 e. The molecule has 100 valence electrons. The second-order valence-corrected chi connectivity index (χ2v) is 4.48. The van der Waals surface area contributed by atoms with Gasteiger partial charge in [0.05, 0.1) is 11.6 Å². The molecular formula is C13H15N3O3. The van der Waals surface area contributed by atoms with Gasteiger partial charge in [-0.15, -0.1) is 0 Å². The summed E-state index contributed by atoms with van der Waals surface area (Å²) in [5, 5.41) is 16.2. The highest BCUT2D eigenvalue weighted by Gasteiger charge is 2.19. The smallest absolute Gasteiger partial charge is 0.278 e. The Morgan fingerprint density at radius 1 is 1.47 bits per heavy atom. The summed E-state index contributed by atoms with van der Waals surface area (Å²) in [4.78, 5) is 25.5. The Bertz CT molecular complexity index is 663. The van der Waals surface area contributed by atoms with Gasteiger partial charge in [0, 0.05) is 19.0 Å². The van der Waals surface area contributed by atoms with Gasteiger partial charge in [-0.3, -0.25) is 14.7 Å². The van der Waals surface area contributed by atoms with Crippen molar-refractivity contribution in [3.8, 4) is 0 Å². The quantitative estimate of drug-likeness (QED) is 0.836. The summed E-state index contributed by atoms with van der Waals surface area (Å²) in [6.07, 6.45) is -0.659. The average molecular weight is 261 g/mol. The summed E-state index contributed by atoms with van der Waals surface area (Å²) in [6.45, 7) is 1.72. The van der Waals surface area contributed by atoms with Crippen molar-refractivity contribution >= 4 is 16.8 Å². The van der Waals surface area contributed by atoms with Crippen LogP contribution in [0.3, 0.4) is 0 Å². The predicted molar refractivity (Wildman–Crippen MR) is 71.0 cm³/mol. The molecule has 1 aromatic heterocycles. The van der Waals surface area contributed by atoms with Gasteiger partial charge < -0.3 is 10.0 Å². The Morgan fingerprint density at radius 3 is 2.84 bits per heavy atom. The first-order valence-electron chi connectivity index (χ1n) is 5.91. The fourth-order valence-electron chi connectivity index (χ4n) is 1.88. The number of fused-ring (bicyclic) bond motifs is 1. The Labute approximate surface area is 109 Å². The number of aromatic amines is 1. The summed E-state index contributed by atoms with van der Waals surface area (Å²) in [5.74, 6) is -0.507. The van der Waals surface area contributed by atoms with Gasteiger partial charge in [-0.05, 0) is 19.1 Å². The summed E-state index contributed by atoms with van der Waals surface area (Å²) in [6, 6.07) is 6.87. The number of para-hydroxylation sites is 1. The highest BCUT2D eigenvalue weighted by atomic mass is 16.3. The van der Waals surface area contributed by atoms with Crippen molar-refractivity contribution in [2.24, 2.45) is 0 Å². The number of aromatic nitrogens is 2. The zero-order chi connectivity index (χ0) is 14.0. The maximum Gasteiger partial charge on any atom is 0.278 e. The molecule has 2 rings (SSSR count). The Morgan fingerprint density at radius 2 is 2.16 bits per heavy atom. The van der Waals surface area contributed by atoms with Crippen molar-refractivity contribution in [1.82, 2.24) is 15.1 Å². The van der Waals surface area contributed by atoms with Gasteiger partial charge in [0.2, 0.25) is 5.43 Å². The fourth-order valence-corrected chi connectivity index (χ4v) is 1.88. The molecule has 0 spiro atoms. The molecule has 1 aromatic carbocycles. The zero-order valence-corrected chi connectivity index (χ0v) is 10.8. The van der Waals surface area contributed by atoms with Crippen molar-refractivity contribution in [3.63, 3.8) is 0 Å². The van der Waals surface area contributed by atoms with Crippen LogP contribution in [0.15, 0.2) is 29.1 Å². The highest BCUT2D eigenvalue weighted by Crippen LogP contribution is 2.06. The van der Waals surface area contributed by atoms with Gasteiger partial charge in [-0.25, -0.2) is 0 Å². The predicted octanol–water partition coefficient (Wildman–Crippen LogP) is 0.376. The van der Waals surface area contributed by atoms with E-state index in [1.807, 2.05) is 0 Å². The van der Waals surface area contributed by atoms with Gasteiger partial charge in [-0.2, -0.15) is 5.10 Å². The molecule has 1 heterocycles. The van der Waals surface area contributed by atoms with E-state index in [0.717, 1.165) is 0 Å². The molecule has 19 heavy (non-hydrogen) atoms. The molecule has 0 radical (unpaired) electrons. The SMILES string of the molecule is CC(O)CN(C)C(=O)c1n[nH]c2ccccc2c1=O. The number of rotatable bonds is 3. The number of benzene rings is 1. The number of amides is 1. The molecule has 0 aliphatic heterocycles. The van der Waals surface area contributed by atoms with Crippen LogP contribution in [0.25, 0.3) is 10.9 Å². The second-order valence-electron chi connectivity index (χ2n) is 4.48. The van der Waals surface area contributed by atoms with E-state index in [0.29, 0.717) is 10.9 Å². The van der Waals surface area contributed by atoms with E-state index in [2.05, 4.69) is 10.2 Å². The first-order valence-corrected chi connectivity index (χ1v) is 5.91. The molecule has 0 aliphatic carbocycles. The third-order valence-corrected chi connectivity index (χ3v) is 2.76. The zero-order valence-electron chi connectivity index (χ0n) is 10.8. The minimum atomic E-state index is -0.659. The van der Waals surface area contributed by atoms with Crippen molar-refractivity contribution in [2.75, 3.05) is 13.6 Å². The van der Waals surface area contributed by atoms with Crippen LogP contribution in [0.4, 0.5) is 0 Å². The first-order chi connectivity index (χ1) is 9.00. The lowest BCUT2D eigenvalue weighted by Gasteiger charge is -2.17. The number of aliphatic hydroxyl groups is 1. The lowest BCUT2D eigenvalue weighted by atomic mass is 10.2. The molecule has 0 saturated heterocycles. The van der Waals surface area contributed by atoms with Crippen LogP contribution in [-0.2, 0) is 0 Å².